The minimum atomic E-state index is -2.35. The van der Waals surface area contributed by atoms with Gasteiger partial charge in [0.15, 0.2) is 23.3 Å². The molecular weight excluding hydrogens is 407 g/mol. The Kier molecular flexibility index (Phi) is 5.56. The lowest BCUT2D eigenvalue weighted by Gasteiger charge is -2.14. The molecule has 0 amide bonds. The second-order valence-electron chi connectivity index (χ2n) is 6.02. The van der Waals surface area contributed by atoms with Crippen molar-refractivity contribution in [2.45, 2.75) is 24.9 Å². The van der Waals surface area contributed by atoms with Crippen LogP contribution in [0.25, 0.3) is 0 Å². The molecule has 3 rings (SSSR count). The zero-order valence-electron chi connectivity index (χ0n) is 14.2. The first-order valence-electron chi connectivity index (χ1n) is 7.99. The fourth-order valence-electron chi connectivity index (χ4n) is 2.68. The van der Waals surface area contributed by atoms with Crippen LogP contribution in [0.1, 0.15) is 23.8 Å². The number of nitrogens with one attached hydrogen (secondary N) is 1. The van der Waals surface area contributed by atoms with Gasteiger partial charge >= 0.3 is 5.69 Å². The number of aliphatic hydroxyl groups excluding tert-OH is 2. The van der Waals surface area contributed by atoms with Gasteiger partial charge in [-0.2, -0.15) is 0 Å². The minimum absolute atomic E-state index is 0.123. The molecule has 1 fully saturated rings. The Bertz CT molecular complexity index is 1120. The van der Waals surface area contributed by atoms with Crippen LogP contribution in [-0.2, 0) is 4.74 Å². The van der Waals surface area contributed by atoms with E-state index < -0.39 is 76.5 Å². The van der Waals surface area contributed by atoms with Gasteiger partial charge in [-0.25, -0.2) is 26.7 Å². The molecule has 1 aliphatic rings. The summed E-state index contributed by atoms with van der Waals surface area (Å²) in [5.74, 6) is -7.44. The van der Waals surface area contributed by atoms with Crippen LogP contribution in [0.4, 0.5) is 22.0 Å². The molecule has 1 aromatic carbocycles. The van der Waals surface area contributed by atoms with Gasteiger partial charge in [0.1, 0.15) is 23.5 Å². The monoisotopic (exact) mass is 418 g/mol. The predicted octanol–water partition coefficient (Wildman–Crippen LogP) is 0.273. The van der Waals surface area contributed by atoms with E-state index in [1.165, 1.54) is 0 Å². The van der Waals surface area contributed by atoms with Gasteiger partial charge in [0, 0.05) is 12.6 Å². The molecule has 0 bridgehead atoms. The average molecular weight is 418 g/mol. The van der Waals surface area contributed by atoms with Crippen LogP contribution in [0.2, 0.25) is 0 Å². The van der Waals surface area contributed by atoms with Gasteiger partial charge in [-0.1, -0.05) is 11.8 Å². The van der Waals surface area contributed by atoms with E-state index in [1.807, 2.05) is 10.9 Å². The third-order valence-corrected chi connectivity index (χ3v) is 4.19. The summed E-state index contributed by atoms with van der Waals surface area (Å²) in [6, 6.07) is 0. The third-order valence-electron chi connectivity index (χ3n) is 4.19. The molecule has 0 radical (unpaired) electrons. The molecule has 0 saturated carbocycles. The van der Waals surface area contributed by atoms with E-state index in [4.69, 9.17) is 9.84 Å². The lowest BCUT2D eigenvalue weighted by molar-refractivity contribution is -0.0459. The lowest BCUT2D eigenvalue weighted by Crippen LogP contribution is -2.33. The Morgan fingerprint density at radius 1 is 1.07 bits per heavy atom. The van der Waals surface area contributed by atoms with Gasteiger partial charge in [-0.15, -0.1) is 0 Å². The van der Waals surface area contributed by atoms with Crippen LogP contribution in [-0.4, -0.2) is 38.6 Å². The van der Waals surface area contributed by atoms with E-state index in [2.05, 4.69) is 0 Å². The van der Waals surface area contributed by atoms with Gasteiger partial charge in [0.05, 0.1) is 12.7 Å². The van der Waals surface area contributed by atoms with Crippen molar-refractivity contribution in [3.63, 3.8) is 0 Å². The van der Waals surface area contributed by atoms with Gasteiger partial charge in [-0.3, -0.25) is 14.3 Å². The summed E-state index contributed by atoms with van der Waals surface area (Å²) in [6.45, 7) is -0.539. The Labute approximate surface area is 158 Å². The summed E-state index contributed by atoms with van der Waals surface area (Å²) < 4.78 is 73.0. The highest BCUT2D eigenvalue weighted by Crippen LogP contribution is 2.27. The molecule has 154 valence electrons. The molecule has 3 atom stereocenters. The molecule has 7 nitrogen and oxygen atoms in total. The number of hydrogen-bond donors (Lipinski definition) is 3. The van der Waals surface area contributed by atoms with Gasteiger partial charge in [-0.05, 0) is 0 Å². The van der Waals surface area contributed by atoms with Crippen LogP contribution in [0, 0.1) is 40.9 Å². The minimum Gasteiger partial charge on any atom is -0.394 e. The molecule has 0 aliphatic carbocycles. The number of ether oxygens (including phenoxy) is 1. The molecule has 1 saturated heterocycles. The van der Waals surface area contributed by atoms with E-state index in [-0.39, 0.29) is 6.42 Å². The molecule has 3 N–H and O–H groups in total. The number of hydrogen-bond acceptors (Lipinski definition) is 5. The molecule has 1 aromatic heterocycles. The highest BCUT2D eigenvalue weighted by atomic mass is 19.2. The quantitative estimate of drug-likeness (QED) is 0.281. The summed E-state index contributed by atoms with van der Waals surface area (Å²) >= 11 is 0. The van der Waals surface area contributed by atoms with Crippen molar-refractivity contribution in [1.29, 1.82) is 0 Å². The first-order chi connectivity index (χ1) is 13.6. The summed E-state index contributed by atoms with van der Waals surface area (Å²) in [6.07, 6.45) is -2.46. The molecule has 0 unspecified atom stereocenters. The molecule has 12 heteroatoms. The maximum absolute atomic E-state index is 13.7. The number of halogens is 5. The van der Waals surface area contributed by atoms with E-state index >= 15 is 0 Å². The number of rotatable bonds is 2. The first-order valence-corrected chi connectivity index (χ1v) is 7.99. The van der Waals surface area contributed by atoms with Crippen LogP contribution >= 0.6 is 0 Å². The number of aliphatic hydroxyl groups is 2. The number of aromatic amines is 1. The molecule has 29 heavy (non-hydrogen) atoms. The van der Waals surface area contributed by atoms with Crippen molar-refractivity contribution in [1.82, 2.24) is 9.55 Å². The SMILES string of the molecule is O=c1[nH]c(=O)n([C@@H]2C[C@@H](O)[C@H](CO)O2)cc1C#Cc1c(F)c(F)c(F)c(F)c1F. The normalized spacial score (nSPS) is 21.1. The van der Waals surface area contributed by atoms with Crippen LogP contribution in [0.15, 0.2) is 15.8 Å². The predicted molar refractivity (Wildman–Crippen MR) is 85.2 cm³/mol. The second-order valence-corrected chi connectivity index (χ2v) is 6.02. The largest absolute Gasteiger partial charge is 0.394 e. The Hall–Kier alpha value is -3.01. The maximum atomic E-state index is 13.7. The van der Waals surface area contributed by atoms with Crippen molar-refractivity contribution < 1.29 is 36.9 Å². The van der Waals surface area contributed by atoms with E-state index in [0.29, 0.717) is 0 Å². The second kappa shape index (κ2) is 7.78. The highest BCUT2D eigenvalue weighted by molar-refractivity contribution is 5.43. The van der Waals surface area contributed by atoms with Gasteiger partial charge < -0.3 is 14.9 Å². The number of aromatic nitrogens is 2. The number of nitrogens with zero attached hydrogens (tertiary/aromatic N) is 1. The molecule has 2 heterocycles. The van der Waals surface area contributed by atoms with E-state index in [9.17, 15) is 36.6 Å². The van der Waals surface area contributed by atoms with Crippen molar-refractivity contribution in [3.05, 3.63) is 67.2 Å². The smallest absolute Gasteiger partial charge is 0.330 e. The summed E-state index contributed by atoms with van der Waals surface area (Å²) in [7, 11) is 0. The van der Waals surface area contributed by atoms with Crippen molar-refractivity contribution in [2.75, 3.05) is 6.61 Å². The van der Waals surface area contributed by atoms with Gasteiger partial charge in [0.2, 0.25) is 5.82 Å². The van der Waals surface area contributed by atoms with Gasteiger partial charge in [0.25, 0.3) is 5.56 Å². The van der Waals surface area contributed by atoms with Crippen LogP contribution in [0.3, 0.4) is 0 Å². The van der Waals surface area contributed by atoms with Crippen molar-refractivity contribution >= 4 is 0 Å². The Morgan fingerprint density at radius 2 is 1.66 bits per heavy atom. The number of benzene rings is 1. The van der Waals surface area contributed by atoms with Crippen molar-refractivity contribution in [3.8, 4) is 11.8 Å². The highest BCUT2D eigenvalue weighted by Gasteiger charge is 2.35. The van der Waals surface area contributed by atoms with Crippen LogP contribution in [0.5, 0.6) is 0 Å². The maximum Gasteiger partial charge on any atom is 0.330 e. The number of H-pyrrole nitrogens is 1. The first kappa shape index (κ1) is 20.7. The van der Waals surface area contributed by atoms with Crippen molar-refractivity contribution in [2.24, 2.45) is 0 Å². The fourth-order valence-corrected chi connectivity index (χ4v) is 2.68. The lowest BCUT2D eigenvalue weighted by atomic mass is 10.1. The summed E-state index contributed by atoms with van der Waals surface area (Å²) in [4.78, 5) is 25.7. The average Bonchev–Trinajstić information content (AvgIpc) is 3.06. The molecular formula is C17H11F5N2O5. The summed E-state index contributed by atoms with van der Waals surface area (Å²) in [5, 5.41) is 18.8. The third kappa shape index (κ3) is 3.67. The topological polar surface area (TPSA) is 105 Å². The van der Waals surface area contributed by atoms with E-state index in [1.54, 1.807) is 5.92 Å². The molecule has 0 spiro atoms. The zero-order valence-corrected chi connectivity index (χ0v) is 14.2. The zero-order chi connectivity index (χ0) is 21.5. The Balaban J connectivity index is 2.06. The summed E-state index contributed by atoms with van der Waals surface area (Å²) in [5.41, 5.74) is -4.04. The molecule has 2 aromatic rings. The van der Waals surface area contributed by atoms with Crippen LogP contribution < -0.4 is 11.2 Å². The Morgan fingerprint density at radius 3 is 2.21 bits per heavy atom. The molecule has 1 aliphatic heterocycles. The standard InChI is InChI=1S/C17H11F5N2O5/c18-11-7(12(19)14(21)15(22)13(11)20)2-1-6-4-24(17(28)23-16(6)27)10-3-8(26)9(5-25)29-10/h4,8-10,25-26H,3,5H2,(H,23,27,28)/t8-,9+,10+/m1/s1. The van der Waals surface area contributed by atoms with E-state index in [0.717, 1.165) is 10.8 Å². The fraction of sp³-hybridized carbons (Fsp3) is 0.294.